The van der Waals surface area contributed by atoms with Crippen LogP contribution in [0.15, 0.2) is 89.9 Å². The van der Waals surface area contributed by atoms with Crippen LogP contribution in [0.5, 0.6) is 5.75 Å². The number of methoxy groups -OCH3 is 1. The van der Waals surface area contributed by atoms with E-state index in [-0.39, 0.29) is 18.4 Å². The third-order valence-electron chi connectivity index (χ3n) is 5.48. The maximum atomic E-state index is 13.5. The molecule has 0 bridgehead atoms. The second kappa shape index (κ2) is 8.32. The average Bonchev–Trinajstić information content (AvgIpc) is 3.43. The second-order valence-electron chi connectivity index (χ2n) is 7.42. The van der Waals surface area contributed by atoms with Gasteiger partial charge in [0.15, 0.2) is 0 Å². The van der Waals surface area contributed by atoms with E-state index in [0.29, 0.717) is 11.3 Å². The van der Waals surface area contributed by atoms with Crippen molar-refractivity contribution >= 4 is 45.2 Å². The van der Waals surface area contributed by atoms with Gasteiger partial charge in [-0.3, -0.25) is 14.5 Å². The number of nitrogens with one attached hydrogen (secondary N) is 1. The number of thiophene rings is 1. The fourth-order valence-corrected chi connectivity index (χ4v) is 4.64. The first-order chi connectivity index (χ1) is 15.7. The summed E-state index contributed by atoms with van der Waals surface area (Å²) in [5, 5.41) is 7.24. The molecule has 0 saturated heterocycles. The molecule has 1 aliphatic heterocycles. The average molecular weight is 441 g/mol. The van der Waals surface area contributed by atoms with E-state index in [1.54, 1.807) is 7.11 Å². The first-order valence-corrected chi connectivity index (χ1v) is 11.1. The lowest BCUT2D eigenvalue weighted by molar-refractivity contribution is -0.137. The number of rotatable bonds is 6. The summed E-state index contributed by atoms with van der Waals surface area (Å²) in [6, 6.07) is 25.0. The minimum Gasteiger partial charge on any atom is -0.497 e. The molecule has 2 heterocycles. The number of nitrogens with zero attached hydrogens (tertiary/aromatic N) is 1. The van der Waals surface area contributed by atoms with Crippen molar-refractivity contribution in [3.8, 4) is 5.75 Å². The predicted octanol–water partition coefficient (Wildman–Crippen LogP) is 5.30. The third kappa shape index (κ3) is 3.55. The molecule has 3 aromatic carbocycles. The highest BCUT2D eigenvalue weighted by atomic mass is 32.1. The molecule has 1 N–H and O–H groups in total. The van der Waals surface area contributed by atoms with Crippen LogP contribution in [0.25, 0.3) is 16.3 Å². The van der Waals surface area contributed by atoms with Crippen molar-refractivity contribution in [3.63, 3.8) is 0 Å². The van der Waals surface area contributed by atoms with Gasteiger partial charge in [0.25, 0.3) is 11.8 Å². The number of ether oxygens (including phenoxy) is 1. The number of imide groups is 1. The fraction of sp³-hybridized carbons (Fsp3) is 0.0769. The maximum absolute atomic E-state index is 13.5. The van der Waals surface area contributed by atoms with Gasteiger partial charge >= 0.3 is 0 Å². The van der Waals surface area contributed by atoms with Crippen LogP contribution in [0.2, 0.25) is 0 Å². The molecule has 1 aromatic heterocycles. The lowest BCUT2D eigenvalue weighted by Crippen LogP contribution is -2.31. The molecular formula is C26H20N2O3S. The van der Waals surface area contributed by atoms with E-state index in [1.807, 2.05) is 84.2 Å². The van der Waals surface area contributed by atoms with Crippen molar-refractivity contribution in [2.45, 2.75) is 6.54 Å². The van der Waals surface area contributed by atoms with Crippen LogP contribution in [-0.2, 0) is 16.1 Å². The van der Waals surface area contributed by atoms with Crippen molar-refractivity contribution in [1.82, 2.24) is 4.90 Å². The molecular weight excluding hydrogens is 420 g/mol. The Kier molecular flexibility index (Phi) is 5.21. The van der Waals surface area contributed by atoms with E-state index in [1.165, 1.54) is 16.2 Å². The molecule has 0 unspecified atom stereocenters. The highest BCUT2D eigenvalue weighted by Gasteiger charge is 2.39. The fourth-order valence-electron chi connectivity index (χ4n) is 3.87. The van der Waals surface area contributed by atoms with Crippen molar-refractivity contribution in [1.29, 1.82) is 0 Å². The number of anilines is 1. The van der Waals surface area contributed by atoms with E-state index in [4.69, 9.17) is 4.74 Å². The van der Waals surface area contributed by atoms with Gasteiger partial charge < -0.3 is 10.1 Å². The summed E-state index contributed by atoms with van der Waals surface area (Å²) in [6.07, 6.45) is 0. The molecule has 0 spiro atoms. The standard InChI is InChI=1S/C26H20N2O3S/c1-31-19-13-11-17(12-14-19)16-28-25(29)23(22-10-5-15-32-22)24(26(28)30)27-21-9-4-7-18-6-2-3-8-20(18)21/h2-15,27H,16H2,1H3. The van der Waals surface area contributed by atoms with Crippen LogP contribution >= 0.6 is 11.3 Å². The lowest BCUT2D eigenvalue weighted by atomic mass is 10.1. The van der Waals surface area contributed by atoms with Gasteiger partial charge in [0.1, 0.15) is 11.4 Å². The van der Waals surface area contributed by atoms with Crippen molar-refractivity contribution in [3.05, 3.63) is 100 Å². The molecule has 4 aromatic rings. The van der Waals surface area contributed by atoms with Crippen LogP contribution in [0, 0.1) is 0 Å². The first kappa shape index (κ1) is 20.0. The molecule has 6 heteroatoms. The number of hydrogen-bond donors (Lipinski definition) is 1. The third-order valence-corrected chi connectivity index (χ3v) is 6.37. The first-order valence-electron chi connectivity index (χ1n) is 10.2. The molecule has 158 valence electrons. The van der Waals surface area contributed by atoms with E-state index < -0.39 is 0 Å². The normalized spacial score (nSPS) is 13.8. The van der Waals surface area contributed by atoms with Crippen molar-refractivity contribution in [2.75, 3.05) is 12.4 Å². The van der Waals surface area contributed by atoms with Gasteiger partial charge in [-0.25, -0.2) is 0 Å². The van der Waals surface area contributed by atoms with Crippen LogP contribution in [-0.4, -0.2) is 23.8 Å². The summed E-state index contributed by atoms with van der Waals surface area (Å²) in [5.74, 6) is 0.0988. The molecule has 2 amide bonds. The molecule has 0 saturated carbocycles. The van der Waals surface area contributed by atoms with Gasteiger partial charge in [-0.05, 0) is 40.6 Å². The summed E-state index contributed by atoms with van der Waals surface area (Å²) in [4.78, 5) is 28.9. The summed E-state index contributed by atoms with van der Waals surface area (Å²) in [7, 11) is 1.60. The Morgan fingerprint density at radius 3 is 2.41 bits per heavy atom. The number of benzene rings is 3. The van der Waals surface area contributed by atoms with Crippen LogP contribution in [0.4, 0.5) is 5.69 Å². The number of hydrogen-bond acceptors (Lipinski definition) is 5. The summed E-state index contributed by atoms with van der Waals surface area (Å²) in [5.41, 5.74) is 2.36. The molecule has 0 aliphatic carbocycles. The number of carbonyl (C=O) groups excluding carboxylic acids is 2. The Morgan fingerprint density at radius 2 is 1.66 bits per heavy atom. The predicted molar refractivity (Wildman–Crippen MR) is 127 cm³/mol. The number of amides is 2. The SMILES string of the molecule is COc1ccc(CN2C(=O)C(Nc3cccc4ccccc34)=C(c3cccs3)C2=O)cc1. The molecule has 1 aliphatic rings. The number of carbonyl (C=O) groups is 2. The highest BCUT2D eigenvalue weighted by molar-refractivity contribution is 7.11. The molecule has 5 rings (SSSR count). The molecule has 0 atom stereocenters. The van der Waals surface area contributed by atoms with Crippen LogP contribution in [0.1, 0.15) is 10.4 Å². The Morgan fingerprint density at radius 1 is 0.875 bits per heavy atom. The zero-order valence-electron chi connectivity index (χ0n) is 17.4. The smallest absolute Gasteiger partial charge is 0.278 e. The van der Waals surface area contributed by atoms with Crippen LogP contribution in [0.3, 0.4) is 0 Å². The summed E-state index contributed by atoms with van der Waals surface area (Å²) >= 11 is 1.44. The minimum atomic E-state index is -0.331. The highest BCUT2D eigenvalue weighted by Crippen LogP contribution is 2.35. The second-order valence-corrected chi connectivity index (χ2v) is 8.37. The van der Waals surface area contributed by atoms with Gasteiger partial charge in [-0.1, -0.05) is 54.6 Å². The van der Waals surface area contributed by atoms with Crippen molar-refractivity contribution in [2.24, 2.45) is 0 Å². The number of fused-ring (bicyclic) bond motifs is 1. The van der Waals surface area contributed by atoms with Crippen LogP contribution < -0.4 is 10.1 Å². The van der Waals surface area contributed by atoms with E-state index in [2.05, 4.69) is 5.32 Å². The molecule has 5 nitrogen and oxygen atoms in total. The lowest BCUT2D eigenvalue weighted by Gasteiger charge is -2.16. The maximum Gasteiger partial charge on any atom is 0.278 e. The van der Waals surface area contributed by atoms with Crippen molar-refractivity contribution < 1.29 is 14.3 Å². The minimum absolute atomic E-state index is 0.192. The monoisotopic (exact) mass is 440 g/mol. The molecule has 32 heavy (non-hydrogen) atoms. The van der Waals surface area contributed by atoms with Gasteiger partial charge in [0.05, 0.1) is 19.2 Å². The Balaban J connectivity index is 1.53. The Bertz CT molecular complexity index is 1340. The van der Waals surface area contributed by atoms with Gasteiger partial charge in [-0.2, -0.15) is 0 Å². The Labute approximate surface area is 189 Å². The molecule has 0 radical (unpaired) electrons. The topological polar surface area (TPSA) is 58.6 Å². The largest absolute Gasteiger partial charge is 0.497 e. The van der Waals surface area contributed by atoms with Gasteiger partial charge in [0.2, 0.25) is 0 Å². The van der Waals surface area contributed by atoms with Gasteiger partial charge in [-0.15, -0.1) is 11.3 Å². The molecule has 0 fully saturated rings. The zero-order valence-corrected chi connectivity index (χ0v) is 18.2. The van der Waals surface area contributed by atoms with E-state index >= 15 is 0 Å². The zero-order chi connectivity index (χ0) is 22.1. The Hall–Kier alpha value is -3.90. The summed E-state index contributed by atoms with van der Waals surface area (Å²) in [6.45, 7) is 0.192. The quantitative estimate of drug-likeness (QED) is 0.413. The van der Waals surface area contributed by atoms with E-state index in [0.717, 1.165) is 32.6 Å². The summed E-state index contributed by atoms with van der Waals surface area (Å²) < 4.78 is 5.20. The van der Waals surface area contributed by atoms with Gasteiger partial charge in [0, 0.05) is 16.0 Å². The van der Waals surface area contributed by atoms with E-state index in [9.17, 15) is 9.59 Å².